The predicted molar refractivity (Wildman–Crippen MR) is 156 cm³/mol. The van der Waals surface area contributed by atoms with Crippen molar-refractivity contribution in [2.75, 3.05) is 51.6 Å². The molecule has 2 saturated heterocycles. The number of aryl methyl sites for hydroxylation is 1. The highest BCUT2D eigenvalue weighted by atomic mass is 16.2. The zero-order chi connectivity index (χ0) is 27.4. The molecule has 0 atom stereocenters. The van der Waals surface area contributed by atoms with Gasteiger partial charge >= 0.3 is 0 Å². The van der Waals surface area contributed by atoms with Crippen molar-refractivity contribution in [3.05, 3.63) is 95.2 Å². The number of carbonyl (C=O) groups excluding carboxylic acids is 1. The average molecular weight is 521 g/mol. The molecule has 1 amide bonds. The van der Waals surface area contributed by atoms with E-state index in [-0.39, 0.29) is 5.91 Å². The molecule has 0 saturated carbocycles. The van der Waals surface area contributed by atoms with E-state index < -0.39 is 0 Å². The Balaban J connectivity index is 1.20. The number of carbonyl (C=O) groups is 1. The number of hydrogen-bond acceptors (Lipinski definition) is 6. The Kier molecular flexibility index (Phi) is 7.94. The number of pyridine rings is 1. The van der Waals surface area contributed by atoms with Gasteiger partial charge in [-0.1, -0.05) is 30.8 Å². The zero-order valence-electron chi connectivity index (χ0n) is 22.9. The number of anilines is 2. The maximum atomic E-state index is 12.8. The zero-order valence-corrected chi connectivity index (χ0v) is 22.9. The second-order valence-corrected chi connectivity index (χ2v) is 10.6. The summed E-state index contributed by atoms with van der Waals surface area (Å²) in [6.07, 6.45) is 3.79. The van der Waals surface area contributed by atoms with Crippen LogP contribution in [-0.4, -0.2) is 71.9 Å². The van der Waals surface area contributed by atoms with Crippen LogP contribution in [0.3, 0.4) is 0 Å². The summed E-state index contributed by atoms with van der Waals surface area (Å²) in [7, 11) is 2.08. The van der Waals surface area contributed by atoms with Crippen molar-refractivity contribution in [1.29, 1.82) is 5.26 Å². The monoisotopic (exact) mass is 520 g/mol. The van der Waals surface area contributed by atoms with Gasteiger partial charge in [-0.2, -0.15) is 5.26 Å². The van der Waals surface area contributed by atoms with E-state index in [9.17, 15) is 4.79 Å². The Morgan fingerprint density at radius 1 is 0.949 bits per heavy atom. The molecule has 5 rings (SSSR count). The molecule has 0 unspecified atom stereocenters. The van der Waals surface area contributed by atoms with Crippen LogP contribution in [0.1, 0.15) is 51.4 Å². The summed E-state index contributed by atoms with van der Waals surface area (Å²) in [5.41, 5.74) is 6.84. The van der Waals surface area contributed by atoms with Gasteiger partial charge in [0.2, 0.25) is 0 Å². The van der Waals surface area contributed by atoms with E-state index in [4.69, 9.17) is 5.26 Å². The third-order valence-electron chi connectivity index (χ3n) is 8.02. The van der Waals surface area contributed by atoms with Gasteiger partial charge < -0.3 is 20.0 Å². The van der Waals surface area contributed by atoms with E-state index >= 15 is 0 Å². The van der Waals surface area contributed by atoms with Gasteiger partial charge in [-0.05, 0) is 79.8 Å². The van der Waals surface area contributed by atoms with Gasteiger partial charge in [0.15, 0.2) is 0 Å². The number of piperazine rings is 1. The second kappa shape index (κ2) is 11.7. The number of amides is 1. The molecule has 2 aliphatic rings. The van der Waals surface area contributed by atoms with Crippen LogP contribution in [0.25, 0.3) is 5.70 Å². The number of hydrogen-bond donors (Lipinski definition) is 1. The highest BCUT2D eigenvalue weighted by Gasteiger charge is 2.23. The van der Waals surface area contributed by atoms with E-state index in [1.807, 2.05) is 29.2 Å². The van der Waals surface area contributed by atoms with Crippen molar-refractivity contribution in [3.63, 3.8) is 0 Å². The molecule has 0 spiro atoms. The minimum absolute atomic E-state index is 0.0413. The van der Waals surface area contributed by atoms with Crippen LogP contribution in [-0.2, 0) is 0 Å². The fraction of sp³-hybridized carbons (Fsp3) is 0.344. The minimum Gasteiger partial charge on any atom is -0.371 e. The van der Waals surface area contributed by atoms with Gasteiger partial charge in [-0.25, -0.2) is 4.98 Å². The first-order valence-corrected chi connectivity index (χ1v) is 13.7. The highest BCUT2D eigenvalue weighted by Crippen LogP contribution is 2.33. The SMILES string of the molecule is C=C(c1ccc(C)c(Nc2ccc(C(=O)N3CCN(C)CC3)cn2)c1)N1CCC(c2ccc(C#N)cc2)CC1. The van der Waals surface area contributed by atoms with E-state index in [0.717, 1.165) is 74.6 Å². The summed E-state index contributed by atoms with van der Waals surface area (Å²) in [5, 5.41) is 12.5. The lowest BCUT2D eigenvalue weighted by atomic mass is 9.88. The molecule has 1 aromatic heterocycles. The van der Waals surface area contributed by atoms with Gasteiger partial charge in [0.05, 0.1) is 17.2 Å². The molecule has 3 heterocycles. The first kappa shape index (κ1) is 26.5. The lowest BCUT2D eigenvalue weighted by Crippen LogP contribution is -2.47. The Labute approximate surface area is 231 Å². The molecule has 0 aliphatic carbocycles. The summed E-state index contributed by atoms with van der Waals surface area (Å²) in [6, 6.07) is 20.3. The Bertz CT molecular complexity index is 1360. The molecule has 2 aromatic carbocycles. The third kappa shape index (κ3) is 6.13. The van der Waals surface area contributed by atoms with E-state index in [2.05, 4.69) is 77.1 Å². The summed E-state index contributed by atoms with van der Waals surface area (Å²) in [5.74, 6) is 1.26. The van der Waals surface area contributed by atoms with Gasteiger partial charge in [0, 0.05) is 56.8 Å². The molecule has 0 radical (unpaired) electrons. The Morgan fingerprint density at radius 3 is 2.28 bits per heavy atom. The number of aromatic nitrogens is 1. The summed E-state index contributed by atoms with van der Waals surface area (Å²) >= 11 is 0. The number of nitrogens with zero attached hydrogens (tertiary/aromatic N) is 5. The first-order valence-electron chi connectivity index (χ1n) is 13.7. The maximum absolute atomic E-state index is 12.8. The molecule has 2 aliphatic heterocycles. The second-order valence-electron chi connectivity index (χ2n) is 10.6. The van der Waals surface area contributed by atoms with E-state index in [1.54, 1.807) is 6.20 Å². The van der Waals surface area contributed by atoms with Crippen molar-refractivity contribution in [3.8, 4) is 6.07 Å². The fourth-order valence-electron chi connectivity index (χ4n) is 5.36. The van der Waals surface area contributed by atoms with Crippen LogP contribution in [0.5, 0.6) is 0 Å². The molecule has 0 bridgehead atoms. The molecular weight excluding hydrogens is 484 g/mol. The number of likely N-dealkylation sites (tertiary alicyclic amines) is 1. The third-order valence-corrected chi connectivity index (χ3v) is 8.02. The summed E-state index contributed by atoms with van der Waals surface area (Å²) in [4.78, 5) is 23.9. The van der Waals surface area contributed by atoms with E-state index in [1.165, 1.54) is 5.56 Å². The van der Waals surface area contributed by atoms with Crippen LogP contribution < -0.4 is 5.32 Å². The molecule has 7 nitrogen and oxygen atoms in total. The largest absolute Gasteiger partial charge is 0.371 e. The standard InChI is InChI=1S/C32H36N6O/c1-23-4-7-28(24(2)37-14-12-27(13-15-37)26-8-5-25(21-33)6-9-26)20-30(23)35-31-11-10-29(22-34-31)32(39)38-18-16-36(3)17-19-38/h4-11,20,22,27H,2,12-19H2,1,3H3,(H,34,35). The lowest BCUT2D eigenvalue weighted by molar-refractivity contribution is 0.0663. The Morgan fingerprint density at radius 2 is 1.64 bits per heavy atom. The maximum Gasteiger partial charge on any atom is 0.255 e. The van der Waals surface area contributed by atoms with Gasteiger partial charge in [-0.15, -0.1) is 0 Å². The van der Waals surface area contributed by atoms with Crippen molar-refractivity contribution in [2.24, 2.45) is 0 Å². The summed E-state index contributed by atoms with van der Waals surface area (Å²) < 4.78 is 0. The minimum atomic E-state index is 0.0413. The number of likely N-dealkylation sites (N-methyl/N-ethyl adjacent to an activating group) is 1. The van der Waals surface area contributed by atoms with Crippen LogP contribution >= 0.6 is 0 Å². The Hall–Kier alpha value is -4.15. The predicted octanol–water partition coefficient (Wildman–Crippen LogP) is 5.24. The molecule has 3 aromatic rings. The smallest absolute Gasteiger partial charge is 0.255 e. The average Bonchev–Trinajstić information content (AvgIpc) is 2.98. The lowest BCUT2D eigenvalue weighted by Gasteiger charge is -2.35. The quantitative estimate of drug-likeness (QED) is 0.479. The number of rotatable bonds is 6. The molecule has 1 N–H and O–H groups in total. The van der Waals surface area contributed by atoms with Crippen LogP contribution in [0.2, 0.25) is 0 Å². The number of benzene rings is 2. The molecular formula is C32H36N6O. The molecule has 39 heavy (non-hydrogen) atoms. The normalized spacial score (nSPS) is 16.5. The fourth-order valence-corrected chi connectivity index (χ4v) is 5.36. The van der Waals surface area contributed by atoms with Crippen molar-refractivity contribution < 1.29 is 4.79 Å². The molecule has 2 fully saturated rings. The highest BCUT2D eigenvalue weighted by molar-refractivity contribution is 5.94. The number of piperidine rings is 1. The van der Waals surface area contributed by atoms with Crippen LogP contribution in [0.15, 0.2) is 67.4 Å². The van der Waals surface area contributed by atoms with Gasteiger partial charge in [0.1, 0.15) is 5.82 Å². The van der Waals surface area contributed by atoms with Crippen molar-refractivity contribution in [2.45, 2.75) is 25.7 Å². The van der Waals surface area contributed by atoms with Gasteiger partial charge in [-0.3, -0.25) is 4.79 Å². The van der Waals surface area contributed by atoms with Crippen LogP contribution in [0, 0.1) is 18.3 Å². The van der Waals surface area contributed by atoms with E-state index in [0.29, 0.717) is 22.9 Å². The van der Waals surface area contributed by atoms with Crippen molar-refractivity contribution in [1.82, 2.24) is 19.7 Å². The molecule has 7 heteroatoms. The first-order chi connectivity index (χ1) is 18.9. The number of nitrogens with one attached hydrogen (secondary N) is 1. The van der Waals surface area contributed by atoms with Crippen LogP contribution in [0.4, 0.5) is 11.5 Å². The molecule has 200 valence electrons. The summed E-state index contributed by atoms with van der Waals surface area (Å²) in [6.45, 7) is 11.7. The number of nitriles is 1. The van der Waals surface area contributed by atoms with Gasteiger partial charge in [0.25, 0.3) is 5.91 Å². The van der Waals surface area contributed by atoms with Crippen molar-refractivity contribution >= 4 is 23.1 Å². The topological polar surface area (TPSA) is 75.5 Å².